The van der Waals surface area contributed by atoms with Gasteiger partial charge >= 0.3 is 0 Å². The van der Waals surface area contributed by atoms with Crippen LogP contribution in [0.2, 0.25) is 0 Å². The number of rotatable bonds is 6. The molecule has 3 heteroatoms. The van der Waals surface area contributed by atoms with E-state index >= 15 is 0 Å². The van der Waals surface area contributed by atoms with Crippen molar-refractivity contribution in [1.29, 1.82) is 0 Å². The Balaban J connectivity index is 0.926. The van der Waals surface area contributed by atoms with Crippen molar-refractivity contribution < 1.29 is 0 Å². The van der Waals surface area contributed by atoms with Crippen LogP contribution in [0, 0.1) is 0 Å². The smallest absolute Gasteiger partial charge is 0.160 e. The van der Waals surface area contributed by atoms with Gasteiger partial charge in [0.2, 0.25) is 0 Å². The van der Waals surface area contributed by atoms with Gasteiger partial charge in [-0.15, -0.1) is 0 Å². The number of nitrogens with zero attached hydrogens (tertiary/aromatic N) is 3. The Bertz CT molecular complexity index is 4970. The van der Waals surface area contributed by atoms with Crippen molar-refractivity contribution in [2.24, 2.45) is 0 Å². The van der Waals surface area contributed by atoms with Gasteiger partial charge in [0, 0.05) is 33.2 Å². The maximum Gasteiger partial charge on any atom is 0.160 e. The van der Waals surface area contributed by atoms with Gasteiger partial charge in [-0.05, 0) is 148 Å². The lowest BCUT2D eigenvalue weighted by Gasteiger charge is -2.30. The van der Waals surface area contributed by atoms with Gasteiger partial charge in [-0.1, -0.05) is 237 Å². The Morgan fingerprint density at radius 3 is 1.32 bits per heavy atom. The van der Waals surface area contributed by atoms with Crippen molar-refractivity contribution in [3.8, 4) is 84.1 Å². The molecule has 2 aliphatic carbocycles. The standard InChI is InChI=1S/C77H47N3/c1-3-19-48(20-4-1)51-36-40-66-65-30-14-18-34-74(65)80(75(66)46-51)55-42-53(50-35-38-60-58-25-8-7-23-56(58)57-24-9-10-26-59(57)67(60)44-50)41-54(43-55)76-78-72(49-21-5-2-6-22-49)47-73(79-76)52-37-39-64-63-29-13-17-33-70(63)77(71(64)45-52)68-31-15-11-27-61(68)62-28-12-16-32-69(62)77/h1-47H. The lowest BCUT2D eigenvalue weighted by atomic mass is 9.70. The maximum atomic E-state index is 5.72. The molecule has 1 spiro atoms. The summed E-state index contributed by atoms with van der Waals surface area (Å²) in [5.41, 5.74) is 22.4. The lowest BCUT2D eigenvalue weighted by Crippen LogP contribution is -2.25. The molecule has 0 amide bonds. The van der Waals surface area contributed by atoms with Crippen LogP contribution in [0.1, 0.15) is 22.3 Å². The van der Waals surface area contributed by atoms with Crippen LogP contribution in [0.15, 0.2) is 285 Å². The van der Waals surface area contributed by atoms with Gasteiger partial charge in [0.05, 0.1) is 27.8 Å². The Kier molecular flexibility index (Phi) is 9.63. The predicted octanol–water partition coefficient (Wildman–Crippen LogP) is 19.7. The molecule has 0 bridgehead atoms. The summed E-state index contributed by atoms with van der Waals surface area (Å²) in [7, 11) is 0. The first-order chi connectivity index (χ1) is 39.7. The first kappa shape index (κ1) is 44.6. The van der Waals surface area contributed by atoms with Crippen LogP contribution >= 0.6 is 0 Å². The molecular weight excluding hydrogens is 967 g/mol. The van der Waals surface area contributed by atoms with Crippen molar-refractivity contribution in [3.63, 3.8) is 0 Å². The second-order valence-corrected chi connectivity index (χ2v) is 21.5. The number of para-hydroxylation sites is 1. The minimum absolute atomic E-state index is 0.489. The number of benzene rings is 13. The normalized spacial score (nSPS) is 12.8. The van der Waals surface area contributed by atoms with Gasteiger partial charge in [0.25, 0.3) is 0 Å². The molecule has 2 heterocycles. The van der Waals surface area contributed by atoms with E-state index in [0.29, 0.717) is 5.82 Å². The molecule has 2 aromatic heterocycles. The van der Waals surface area contributed by atoms with Crippen molar-refractivity contribution in [2.45, 2.75) is 5.41 Å². The van der Waals surface area contributed by atoms with Crippen molar-refractivity contribution >= 4 is 54.1 Å². The van der Waals surface area contributed by atoms with E-state index in [9.17, 15) is 0 Å². The fraction of sp³-hybridized carbons (Fsp3) is 0.0130. The largest absolute Gasteiger partial charge is 0.309 e. The molecule has 13 aromatic carbocycles. The van der Waals surface area contributed by atoms with Crippen LogP contribution in [0.5, 0.6) is 0 Å². The van der Waals surface area contributed by atoms with Crippen LogP contribution in [0.3, 0.4) is 0 Å². The van der Waals surface area contributed by atoms with Gasteiger partial charge in [-0.2, -0.15) is 0 Å². The third-order valence-electron chi connectivity index (χ3n) is 17.4. The molecule has 15 aromatic rings. The van der Waals surface area contributed by atoms with Crippen LogP contribution in [0.4, 0.5) is 0 Å². The molecule has 0 N–H and O–H groups in total. The summed E-state index contributed by atoms with van der Waals surface area (Å²) in [5.74, 6) is 0.655. The van der Waals surface area contributed by atoms with Gasteiger partial charge < -0.3 is 4.57 Å². The molecule has 370 valence electrons. The van der Waals surface area contributed by atoms with Crippen LogP contribution < -0.4 is 0 Å². The van der Waals surface area contributed by atoms with E-state index in [4.69, 9.17) is 9.97 Å². The van der Waals surface area contributed by atoms with E-state index in [0.717, 1.165) is 55.9 Å². The van der Waals surface area contributed by atoms with Gasteiger partial charge in [-0.3, -0.25) is 0 Å². The molecule has 0 saturated heterocycles. The Morgan fingerprint density at radius 1 is 0.237 bits per heavy atom. The zero-order valence-corrected chi connectivity index (χ0v) is 43.5. The SMILES string of the molecule is c1ccc(-c2ccc3c4ccccc4n(-c4cc(-c5ccc6c7ccccc7c7ccccc7c6c5)cc(-c5nc(-c6ccccc6)cc(-c6ccc7c(c6)C6(c8ccccc8-c8ccccc86)c6ccccc6-7)n5)c4)c3c2)cc1. The molecule has 0 atom stereocenters. The Morgan fingerprint density at radius 2 is 0.688 bits per heavy atom. The third kappa shape index (κ3) is 6.49. The predicted molar refractivity (Wildman–Crippen MR) is 332 cm³/mol. The zero-order chi connectivity index (χ0) is 52.5. The van der Waals surface area contributed by atoms with Crippen molar-refractivity contribution in [1.82, 2.24) is 14.5 Å². The molecule has 0 radical (unpaired) electrons. The minimum Gasteiger partial charge on any atom is -0.309 e. The second kappa shape index (κ2) is 17.3. The summed E-state index contributed by atoms with van der Waals surface area (Å²) < 4.78 is 2.45. The van der Waals surface area contributed by atoms with Crippen LogP contribution in [-0.2, 0) is 5.41 Å². The highest BCUT2D eigenvalue weighted by atomic mass is 15.0. The van der Waals surface area contributed by atoms with E-state index in [1.54, 1.807) is 0 Å². The number of hydrogen-bond donors (Lipinski definition) is 0. The zero-order valence-electron chi connectivity index (χ0n) is 43.5. The Hall–Kier alpha value is -10.5. The molecule has 17 rings (SSSR count). The van der Waals surface area contributed by atoms with Gasteiger partial charge in [0.15, 0.2) is 5.82 Å². The molecule has 3 nitrogen and oxygen atoms in total. The fourth-order valence-electron chi connectivity index (χ4n) is 13.9. The van der Waals surface area contributed by atoms with Gasteiger partial charge in [-0.25, -0.2) is 9.97 Å². The molecule has 0 unspecified atom stereocenters. The molecular formula is C77H47N3. The van der Waals surface area contributed by atoms with E-state index in [2.05, 4.69) is 290 Å². The summed E-state index contributed by atoms with van der Waals surface area (Å²) in [5, 5.41) is 9.87. The molecule has 0 saturated carbocycles. The molecule has 0 fully saturated rings. The highest BCUT2D eigenvalue weighted by molar-refractivity contribution is 6.26. The van der Waals surface area contributed by atoms with Gasteiger partial charge in [0.1, 0.15) is 0 Å². The topological polar surface area (TPSA) is 30.7 Å². The maximum absolute atomic E-state index is 5.72. The highest BCUT2D eigenvalue weighted by Gasteiger charge is 2.51. The van der Waals surface area contributed by atoms with E-state index < -0.39 is 5.41 Å². The second-order valence-electron chi connectivity index (χ2n) is 21.5. The third-order valence-corrected chi connectivity index (χ3v) is 17.4. The molecule has 0 aliphatic heterocycles. The average Bonchev–Trinajstić information content (AvgIpc) is 4.35. The van der Waals surface area contributed by atoms with Crippen molar-refractivity contribution in [3.05, 3.63) is 307 Å². The summed E-state index contributed by atoms with van der Waals surface area (Å²) >= 11 is 0. The van der Waals surface area contributed by atoms with Crippen LogP contribution in [0.25, 0.3) is 138 Å². The first-order valence-corrected chi connectivity index (χ1v) is 27.6. The monoisotopic (exact) mass is 1010 g/mol. The lowest BCUT2D eigenvalue weighted by molar-refractivity contribution is 0.794. The summed E-state index contributed by atoms with van der Waals surface area (Å²) in [6.45, 7) is 0. The quantitative estimate of drug-likeness (QED) is 0.155. The van der Waals surface area contributed by atoms with E-state index in [1.807, 2.05) is 0 Å². The number of aromatic nitrogens is 3. The summed E-state index contributed by atoms with van der Waals surface area (Å²) in [6.07, 6.45) is 0. The molecule has 80 heavy (non-hydrogen) atoms. The summed E-state index contributed by atoms with van der Waals surface area (Å²) in [6, 6.07) is 105. The average molecular weight is 1010 g/mol. The number of fused-ring (bicyclic) bond motifs is 19. The van der Waals surface area contributed by atoms with Crippen LogP contribution in [-0.4, -0.2) is 14.5 Å². The first-order valence-electron chi connectivity index (χ1n) is 27.6. The minimum atomic E-state index is -0.489. The number of hydrogen-bond acceptors (Lipinski definition) is 2. The highest BCUT2D eigenvalue weighted by Crippen LogP contribution is 2.63. The molecule has 2 aliphatic rings. The Labute approximate surface area is 463 Å². The summed E-state index contributed by atoms with van der Waals surface area (Å²) in [4.78, 5) is 11.3. The van der Waals surface area contributed by atoms with E-state index in [1.165, 1.54) is 98.7 Å². The van der Waals surface area contributed by atoms with Crippen molar-refractivity contribution in [2.75, 3.05) is 0 Å². The fourth-order valence-corrected chi connectivity index (χ4v) is 13.9. The van der Waals surface area contributed by atoms with E-state index in [-0.39, 0.29) is 0 Å².